The number of anilines is 1. The van der Waals surface area contributed by atoms with E-state index < -0.39 is 5.97 Å². The number of hydrogen-bond donors (Lipinski definition) is 0. The Morgan fingerprint density at radius 3 is 2.00 bits per heavy atom. The summed E-state index contributed by atoms with van der Waals surface area (Å²) in [4.78, 5) is 43.9. The van der Waals surface area contributed by atoms with Crippen LogP contribution in [0.5, 0.6) is 0 Å². The third-order valence-corrected chi connectivity index (χ3v) is 5.94. The van der Waals surface area contributed by atoms with Gasteiger partial charge in [0.25, 0.3) is 0 Å². The van der Waals surface area contributed by atoms with Gasteiger partial charge < -0.3 is 4.84 Å². The number of carbonyl (C=O) groups is 3. The van der Waals surface area contributed by atoms with Crippen LogP contribution in [0.4, 0.5) is 5.69 Å². The molecular weight excluding hydrogens is 380 g/mol. The molecule has 1 aliphatic heterocycles. The summed E-state index contributed by atoms with van der Waals surface area (Å²) in [5.74, 6) is -1.04. The molecule has 2 aromatic carbocycles. The van der Waals surface area contributed by atoms with Crippen LogP contribution < -0.4 is 4.90 Å². The van der Waals surface area contributed by atoms with Gasteiger partial charge in [0.05, 0.1) is 28.8 Å². The Morgan fingerprint density at radius 2 is 1.43 bits per heavy atom. The SMILES string of the molecule is CC(=NOC(=O)c1ccc(C)cc1)c1ccc(N2C(=O)C3CCCCC3C2=O)cc1. The third-order valence-electron chi connectivity index (χ3n) is 5.94. The minimum Gasteiger partial charge on any atom is -0.313 e. The molecule has 0 aromatic heterocycles. The topological polar surface area (TPSA) is 76.0 Å². The molecule has 2 aromatic rings. The van der Waals surface area contributed by atoms with Gasteiger partial charge in [-0.15, -0.1) is 0 Å². The molecule has 6 heteroatoms. The number of fused-ring (bicyclic) bond motifs is 1. The average Bonchev–Trinajstić information content (AvgIpc) is 3.03. The highest BCUT2D eigenvalue weighted by molar-refractivity contribution is 6.22. The summed E-state index contributed by atoms with van der Waals surface area (Å²) in [5, 5.41) is 3.93. The van der Waals surface area contributed by atoms with Gasteiger partial charge in [0, 0.05) is 0 Å². The number of amides is 2. The average molecular weight is 404 g/mol. The first-order valence-electron chi connectivity index (χ1n) is 10.3. The van der Waals surface area contributed by atoms with Crippen LogP contribution in [-0.4, -0.2) is 23.5 Å². The number of oxime groups is 1. The molecule has 2 aliphatic rings. The van der Waals surface area contributed by atoms with Crippen molar-refractivity contribution in [3.8, 4) is 0 Å². The molecule has 1 aliphatic carbocycles. The molecule has 0 bridgehead atoms. The minimum atomic E-state index is -0.526. The van der Waals surface area contributed by atoms with Crippen LogP contribution in [-0.2, 0) is 14.4 Å². The van der Waals surface area contributed by atoms with Crippen molar-refractivity contribution in [3.63, 3.8) is 0 Å². The second-order valence-corrected chi connectivity index (χ2v) is 7.98. The van der Waals surface area contributed by atoms with E-state index >= 15 is 0 Å². The van der Waals surface area contributed by atoms with Gasteiger partial charge in [-0.05, 0) is 56.5 Å². The molecule has 2 amide bonds. The van der Waals surface area contributed by atoms with Crippen molar-refractivity contribution in [1.82, 2.24) is 0 Å². The fraction of sp³-hybridized carbons (Fsp3) is 0.333. The van der Waals surface area contributed by atoms with E-state index in [2.05, 4.69) is 5.16 Å². The first-order chi connectivity index (χ1) is 14.5. The molecule has 0 N–H and O–H groups in total. The molecule has 154 valence electrons. The van der Waals surface area contributed by atoms with Gasteiger partial charge in [-0.2, -0.15) is 0 Å². The third kappa shape index (κ3) is 3.77. The maximum Gasteiger partial charge on any atom is 0.365 e. The lowest BCUT2D eigenvalue weighted by atomic mass is 9.81. The van der Waals surface area contributed by atoms with Gasteiger partial charge in [-0.3, -0.25) is 14.5 Å². The van der Waals surface area contributed by atoms with Crippen molar-refractivity contribution >= 4 is 29.2 Å². The summed E-state index contributed by atoms with van der Waals surface area (Å²) < 4.78 is 0. The number of aryl methyl sites for hydroxylation is 1. The smallest absolute Gasteiger partial charge is 0.313 e. The summed E-state index contributed by atoms with van der Waals surface area (Å²) in [5.41, 5.74) is 3.33. The monoisotopic (exact) mass is 404 g/mol. The zero-order valence-electron chi connectivity index (χ0n) is 17.1. The van der Waals surface area contributed by atoms with Crippen LogP contribution in [0.25, 0.3) is 0 Å². The van der Waals surface area contributed by atoms with E-state index in [-0.39, 0.29) is 23.7 Å². The number of rotatable bonds is 4. The zero-order valence-corrected chi connectivity index (χ0v) is 17.1. The van der Waals surface area contributed by atoms with Crippen molar-refractivity contribution < 1.29 is 19.2 Å². The van der Waals surface area contributed by atoms with Crippen molar-refractivity contribution in [2.75, 3.05) is 4.90 Å². The van der Waals surface area contributed by atoms with E-state index in [1.165, 1.54) is 4.90 Å². The Labute approximate surface area is 175 Å². The summed E-state index contributed by atoms with van der Waals surface area (Å²) in [7, 11) is 0. The normalized spacial score (nSPS) is 21.5. The number of nitrogens with zero attached hydrogens (tertiary/aromatic N) is 2. The second-order valence-electron chi connectivity index (χ2n) is 7.98. The van der Waals surface area contributed by atoms with E-state index in [0.717, 1.165) is 36.8 Å². The Bertz CT molecular complexity index is 985. The number of carbonyl (C=O) groups excluding carboxylic acids is 3. The van der Waals surface area contributed by atoms with Crippen molar-refractivity contribution in [2.24, 2.45) is 17.0 Å². The number of hydrogen-bond acceptors (Lipinski definition) is 5. The first-order valence-corrected chi connectivity index (χ1v) is 10.3. The Morgan fingerprint density at radius 1 is 0.900 bits per heavy atom. The van der Waals surface area contributed by atoms with E-state index in [0.29, 0.717) is 17.0 Å². The van der Waals surface area contributed by atoms with Gasteiger partial charge in [0.15, 0.2) is 0 Å². The van der Waals surface area contributed by atoms with Crippen molar-refractivity contribution in [3.05, 3.63) is 65.2 Å². The van der Waals surface area contributed by atoms with Crippen molar-refractivity contribution in [2.45, 2.75) is 39.5 Å². The van der Waals surface area contributed by atoms with Crippen LogP contribution in [0.2, 0.25) is 0 Å². The largest absolute Gasteiger partial charge is 0.365 e. The zero-order chi connectivity index (χ0) is 21.3. The molecule has 2 atom stereocenters. The van der Waals surface area contributed by atoms with Gasteiger partial charge in [0.1, 0.15) is 0 Å². The molecule has 0 radical (unpaired) electrons. The highest BCUT2D eigenvalue weighted by atomic mass is 16.7. The lowest BCUT2D eigenvalue weighted by Crippen LogP contribution is -2.30. The molecule has 1 saturated heterocycles. The lowest BCUT2D eigenvalue weighted by Gasteiger charge is -2.19. The predicted octanol–water partition coefficient (Wildman–Crippen LogP) is 4.26. The molecule has 1 heterocycles. The molecule has 2 unspecified atom stereocenters. The summed E-state index contributed by atoms with van der Waals surface area (Å²) in [6, 6.07) is 14.1. The van der Waals surface area contributed by atoms with Crippen LogP contribution in [0, 0.1) is 18.8 Å². The van der Waals surface area contributed by atoms with E-state index in [9.17, 15) is 14.4 Å². The van der Waals surface area contributed by atoms with E-state index in [1.54, 1.807) is 43.3 Å². The van der Waals surface area contributed by atoms with Crippen LogP contribution in [0.3, 0.4) is 0 Å². The van der Waals surface area contributed by atoms with E-state index in [1.807, 2.05) is 19.1 Å². The molecule has 2 fully saturated rings. The van der Waals surface area contributed by atoms with Crippen LogP contribution in [0.15, 0.2) is 53.7 Å². The van der Waals surface area contributed by atoms with Gasteiger partial charge in [-0.25, -0.2) is 4.79 Å². The number of imide groups is 1. The fourth-order valence-corrected chi connectivity index (χ4v) is 4.17. The predicted molar refractivity (Wildman–Crippen MR) is 113 cm³/mol. The Kier molecular flexibility index (Phi) is 5.48. The van der Waals surface area contributed by atoms with Gasteiger partial charge >= 0.3 is 5.97 Å². The highest BCUT2D eigenvalue weighted by Gasteiger charge is 2.48. The fourth-order valence-electron chi connectivity index (χ4n) is 4.17. The van der Waals surface area contributed by atoms with Crippen LogP contribution >= 0.6 is 0 Å². The molecule has 0 spiro atoms. The maximum absolute atomic E-state index is 12.7. The maximum atomic E-state index is 12.7. The van der Waals surface area contributed by atoms with Gasteiger partial charge in [0.2, 0.25) is 11.8 Å². The summed E-state index contributed by atoms with van der Waals surface area (Å²) in [6.07, 6.45) is 3.59. The molecule has 30 heavy (non-hydrogen) atoms. The number of benzene rings is 2. The van der Waals surface area contributed by atoms with Crippen LogP contribution in [0.1, 0.15) is 54.1 Å². The molecule has 1 saturated carbocycles. The summed E-state index contributed by atoms with van der Waals surface area (Å²) >= 11 is 0. The standard InChI is InChI=1S/C24H24N2O4/c1-15-7-9-18(10-8-15)24(29)30-25-16(2)17-11-13-19(14-12-17)26-22(27)20-5-3-4-6-21(20)23(26)28/h7-14,20-21H,3-6H2,1-2H3. The quantitative estimate of drug-likeness (QED) is 0.330. The molecule has 4 rings (SSSR count). The Hall–Kier alpha value is -3.28. The second kappa shape index (κ2) is 8.22. The van der Waals surface area contributed by atoms with Gasteiger partial charge in [-0.1, -0.05) is 47.8 Å². The highest BCUT2D eigenvalue weighted by Crippen LogP contribution is 2.40. The first kappa shape index (κ1) is 20.0. The lowest BCUT2D eigenvalue weighted by molar-refractivity contribution is -0.122. The molecule has 6 nitrogen and oxygen atoms in total. The van der Waals surface area contributed by atoms with Crippen molar-refractivity contribution in [1.29, 1.82) is 0 Å². The molecular formula is C24H24N2O4. The summed E-state index contributed by atoms with van der Waals surface area (Å²) in [6.45, 7) is 3.68. The van der Waals surface area contributed by atoms with E-state index in [4.69, 9.17) is 4.84 Å². The minimum absolute atomic E-state index is 0.0881. The Balaban J connectivity index is 1.46.